The fourth-order valence-corrected chi connectivity index (χ4v) is 0.658. The van der Waals surface area contributed by atoms with Gasteiger partial charge >= 0.3 is 5.97 Å². The minimum Gasteiger partial charge on any atom is -0.481 e. The fraction of sp³-hybridized carbons (Fsp3) is 0.143. The van der Waals surface area contributed by atoms with Gasteiger partial charge in [0.05, 0.1) is 4.99 Å². The highest BCUT2D eigenvalue weighted by atomic mass is 16.4. The third kappa shape index (κ3) is 1.85. The minimum absolute atomic E-state index is 0.000833. The Morgan fingerprint density at radius 2 is 2.40 bits per heavy atom. The lowest BCUT2D eigenvalue weighted by molar-refractivity contribution is -0.135. The summed E-state index contributed by atoms with van der Waals surface area (Å²) in [7, 11) is 0. The van der Waals surface area contributed by atoms with Gasteiger partial charge in [-0.25, -0.2) is 0 Å². The smallest absolute Gasteiger partial charge is 0.314 e. The highest BCUT2D eigenvalue weighted by molar-refractivity contribution is 6.05. The molecule has 1 radical (unpaired) electrons. The van der Waals surface area contributed by atoms with Crippen molar-refractivity contribution in [2.24, 2.45) is 0 Å². The molecule has 51 valence electrons. The van der Waals surface area contributed by atoms with Crippen molar-refractivity contribution in [2.75, 3.05) is 0 Å². The van der Waals surface area contributed by atoms with E-state index in [4.69, 9.17) is 5.11 Å². The van der Waals surface area contributed by atoms with Crippen molar-refractivity contribution in [1.82, 2.24) is 4.99 Å². The predicted octanol–water partition coefficient (Wildman–Crippen LogP) is 0.321. The molecule has 1 heterocycles. The maximum atomic E-state index is 10.1. The number of carbonyl (C=O) groups is 1. The van der Waals surface area contributed by atoms with Crippen LogP contribution in [0.25, 0.3) is 0 Å². The molecule has 0 unspecified atom stereocenters. The Labute approximate surface area is 58.4 Å². The van der Waals surface area contributed by atoms with E-state index in [1.807, 2.05) is 0 Å². The summed E-state index contributed by atoms with van der Waals surface area (Å²) < 4.78 is 0. The Balaban J connectivity index is 2.58. The SMILES string of the molecule is O=C(O)CC1=[N+]C=CC=C1. The highest BCUT2D eigenvalue weighted by Crippen LogP contribution is 1.90. The molecule has 0 spiro atoms. The van der Waals surface area contributed by atoms with Gasteiger partial charge in [-0.1, -0.05) is 0 Å². The van der Waals surface area contributed by atoms with Crippen molar-refractivity contribution >= 4 is 11.7 Å². The van der Waals surface area contributed by atoms with Gasteiger partial charge in [0.25, 0.3) is 5.71 Å². The molecular formula is C7H7NO2+. The van der Waals surface area contributed by atoms with E-state index in [-0.39, 0.29) is 6.42 Å². The lowest BCUT2D eigenvalue weighted by Crippen LogP contribution is -2.09. The summed E-state index contributed by atoms with van der Waals surface area (Å²) in [6.45, 7) is 0. The van der Waals surface area contributed by atoms with Crippen molar-refractivity contribution in [3.63, 3.8) is 0 Å². The molecule has 0 bridgehead atoms. The first-order valence-corrected chi connectivity index (χ1v) is 2.91. The quantitative estimate of drug-likeness (QED) is 0.596. The summed E-state index contributed by atoms with van der Waals surface area (Å²) >= 11 is 0. The van der Waals surface area contributed by atoms with Gasteiger partial charge in [0.2, 0.25) is 6.20 Å². The zero-order chi connectivity index (χ0) is 7.40. The van der Waals surface area contributed by atoms with Gasteiger partial charge < -0.3 is 5.11 Å². The second-order valence-corrected chi connectivity index (χ2v) is 1.89. The van der Waals surface area contributed by atoms with Crippen LogP contribution >= 0.6 is 0 Å². The molecule has 3 nitrogen and oxygen atoms in total. The van der Waals surface area contributed by atoms with Crippen LogP contribution in [0.15, 0.2) is 24.4 Å². The summed E-state index contributed by atoms with van der Waals surface area (Å²) in [5.74, 6) is -0.848. The molecule has 0 aromatic heterocycles. The molecule has 0 aliphatic carbocycles. The average molecular weight is 137 g/mol. The van der Waals surface area contributed by atoms with Gasteiger partial charge in [0.15, 0.2) is 0 Å². The van der Waals surface area contributed by atoms with E-state index in [9.17, 15) is 4.79 Å². The predicted molar refractivity (Wildman–Crippen MR) is 37.7 cm³/mol. The molecule has 0 aromatic rings. The molecule has 0 saturated heterocycles. The van der Waals surface area contributed by atoms with E-state index in [1.165, 1.54) is 0 Å². The van der Waals surface area contributed by atoms with Gasteiger partial charge in [0, 0.05) is 12.2 Å². The van der Waals surface area contributed by atoms with Crippen LogP contribution in [0.3, 0.4) is 0 Å². The van der Waals surface area contributed by atoms with E-state index >= 15 is 0 Å². The molecule has 3 heteroatoms. The number of aliphatic carboxylic acids is 1. The molecule has 0 fully saturated rings. The molecule has 1 aliphatic rings. The standard InChI is InChI=1S/C7H7NO2/c9-7(10)5-6-3-1-2-4-8-6/h1-4H,5H2,(H,9,10)/q+1. The molecular weight excluding hydrogens is 130 g/mol. The summed E-state index contributed by atoms with van der Waals surface area (Å²) in [6, 6.07) is 0. The first-order valence-electron chi connectivity index (χ1n) is 2.91. The monoisotopic (exact) mass is 137 g/mol. The number of allylic oxidation sites excluding steroid dienone is 3. The Hall–Kier alpha value is -1.38. The molecule has 0 amide bonds. The zero-order valence-electron chi connectivity index (χ0n) is 5.32. The number of hydrogen-bond acceptors (Lipinski definition) is 2. The molecule has 1 aliphatic heterocycles. The fourth-order valence-electron chi connectivity index (χ4n) is 0.658. The molecule has 0 saturated carbocycles. The van der Waals surface area contributed by atoms with E-state index in [2.05, 4.69) is 4.99 Å². The van der Waals surface area contributed by atoms with Crippen LogP contribution in [-0.2, 0) is 4.79 Å². The van der Waals surface area contributed by atoms with Gasteiger partial charge in [0.1, 0.15) is 6.42 Å². The lowest BCUT2D eigenvalue weighted by atomic mass is 10.2. The Kier molecular flexibility index (Phi) is 1.99. The van der Waals surface area contributed by atoms with Crippen LogP contribution in [0.1, 0.15) is 6.42 Å². The second kappa shape index (κ2) is 2.96. The van der Waals surface area contributed by atoms with Crippen LogP contribution in [-0.4, -0.2) is 16.8 Å². The number of carboxylic acids is 1. The lowest BCUT2D eigenvalue weighted by Gasteiger charge is -1.84. The van der Waals surface area contributed by atoms with E-state index in [1.54, 1.807) is 24.4 Å². The van der Waals surface area contributed by atoms with Gasteiger partial charge in [-0.15, -0.1) is 0 Å². The van der Waals surface area contributed by atoms with E-state index < -0.39 is 5.97 Å². The van der Waals surface area contributed by atoms with E-state index in [0.717, 1.165) is 0 Å². The highest BCUT2D eigenvalue weighted by Gasteiger charge is 2.12. The summed E-state index contributed by atoms with van der Waals surface area (Å²) in [5, 5.41) is 8.33. The number of carboxylic acid groups (broad SMARTS) is 1. The normalized spacial score (nSPS) is 15.0. The molecule has 10 heavy (non-hydrogen) atoms. The zero-order valence-corrected chi connectivity index (χ0v) is 5.32. The van der Waals surface area contributed by atoms with Gasteiger partial charge in [-0.2, -0.15) is 0 Å². The average Bonchev–Trinajstić information content (AvgIpc) is 1.88. The number of nitrogens with zero attached hydrogens (tertiary/aromatic N) is 1. The maximum Gasteiger partial charge on any atom is 0.314 e. The van der Waals surface area contributed by atoms with Crippen LogP contribution in [0, 0.1) is 0 Å². The van der Waals surface area contributed by atoms with Crippen molar-refractivity contribution in [3.8, 4) is 0 Å². The van der Waals surface area contributed by atoms with Gasteiger partial charge in [-0.05, 0) is 6.08 Å². The van der Waals surface area contributed by atoms with Gasteiger partial charge in [-0.3, -0.25) is 4.79 Å². The van der Waals surface area contributed by atoms with Crippen LogP contribution in [0.4, 0.5) is 0 Å². The molecule has 0 aromatic carbocycles. The van der Waals surface area contributed by atoms with Crippen molar-refractivity contribution in [2.45, 2.75) is 6.42 Å². The minimum atomic E-state index is -0.848. The maximum absolute atomic E-state index is 10.1. The van der Waals surface area contributed by atoms with Crippen LogP contribution in [0.2, 0.25) is 0 Å². The number of rotatable bonds is 2. The third-order valence-corrected chi connectivity index (χ3v) is 1.06. The summed E-state index contributed by atoms with van der Waals surface area (Å²) in [5.41, 5.74) is 0.593. The summed E-state index contributed by atoms with van der Waals surface area (Å²) in [6.07, 6.45) is 6.80. The number of aliphatic imine (C=N–C) groups is 1. The van der Waals surface area contributed by atoms with Crippen molar-refractivity contribution < 1.29 is 9.90 Å². The second-order valence-electron chi connectivity index (χ2n) is 1.89. The molecule has 0 atom stereocenters. The Morgan fingerprint density at radius 1 is 1.60 bits per heavy atom. The first kappa shape index (κ1) is 6.74. The summed E-state index contributed by atoms with van der Waals surface area (Å²) in [4.78, 5) is 14.0. The topological polar surface area (TPSA) is 51.4 Å². The van der Waals surface area contributed by atoms with Crippen molar-refractivity contribution in [1.29, 1.82) is 0 Å². The molecule has 1 N–H and O–H groups in total. The largest absolute Gasteiger partial charge is 0.481 e. The van der Waals surface area contributed by atoms with Crippen LogP contribution < -0.4 is 4.99 Å². The van der Waals surface area contributed by atoms with Crippen molar-refractivity contribution in [3.05, 3.63) is 24.4 Å². The molecule has 1 rings (SSSR count). The first-order chi connectivity index (χ1) is 4.79. The Morgan fingerprint density at radius 3 is 2.90 bits per heavy atom. The third-order valence-electron chi connectivity index (χ3n) is 1.06. The van der Waals surface area contributed by atoms with Crippen LogP contribution in [0.5, 0.6) is 0 Å². The Bertz CT molecular complexity index is 226. The number of hydrogen-bond donors (Lipinski definition) is 1. The van der Waals surface area contributed by atoms with E-state index in [0.29, 0.717) is 5.71 Å².